The predicted molar refractivity (Wildman–Crippen MR) is 79.4 cm³/mol. The Morgan fingerprint density at radius 2 is 2.25 bits per heavy atom. The van der Waals surface area contributed by atoms with Gasteiger partial charge in [0, 0.05) is 12.1 Å². The van der Waals surface area contributed by atoms with E-state index in [9.17, 15) is 4.39 Å². The summed E-state index contributed by atoms with van der Waals surface area (Å²) in [4.78, 5) is 2.38. The van der Waals surface area contributed by atoms with Crippen molar-refractivity contribution in [1.29, 1.82) is 0 Å². The van der Waals surface area contributed by atoms with Gasteiger partial charge in [-0.15, -0.1) is 0 Å². The second-order valence-electron chi connectivity index (χ2n) is 5.75. The lowest BCUT2D eigenvalue weighted by Gasteiger charge is -2.32. The number of hydrogen-bond donors (Lipinski definition) is 1. The van der Waals surface area contributed by atoms with Crippen LogP contribution in [0, 0.1) is 5.82 Å². The normalized spacial score (nSPS) is 21.7. The number of rotatable bonds is 5. The fourth-order valence-electron chi connectivity index (χ4n) is 2.73. The molecule has 3 nitrogen and oxygen atoms in total. The lowest BCUT2D eigenvalue weighted by atomic mass is 10.0. The highest BCUT2D eigenvalue weighted by Crippen LogP contribution is 2.22. The number of piperidine rings is 1. The molecule has 20 heavy (non-hydrogen) atoms. The molecule has 1 aromatic rings. The Labute approximate surface area is 120 Å². The Balaban J connectivity index is 1.84. The first kappa shape index (κ1) is 15.3. The largest absolute Gasteiger partial charge is 0.490 e. The molecule has 0 bridgehead atoms. The third kappa shape index (κ3) is 3.93. The predicted octanol–water partition coefficient (Wildman–Crippen LogP) is 3.10. The maximum atomic E-state index is 13.9. The molecule has 1 fully saturated rings. The molecule has 1 unspecified atom stereocenters. The summed E-state index contributed by atoms with van der Waals surface area (Å²) in [6.07, 6.45) is 4.73. The number of nitrogens with zero attached hydrogens (tertiary/aromatic N) is 1. The van der Waals surface area contributed by atoms with Gasteiger partial charge in [-0.3, -0.25) is 0 Å². The molecular weight excluding hydrogens is 255 g/mol. The number of ether oxygens (including phenoxy) is 1. The van der Waals surface area contributed by atoms with E-state index in [0.717, 1.165) is 18.5 Å². The van der Waals surface area contributed by atoms with Crippen LogP contribution in [0.1, 0.15) is 44.2 Å². The number of benzene rings is 1. The van der Waals surface area contributed by atoms with Crippen LogP contribution in [0.15, 0.2) is 18.2 Å². The van der Waals surface area contributed by atoms with Gasteiger partial charge in [-0.05, 0) is 57.5 Å². The Kier molecular flexibility index (Phi) is 5.38. The molecule has 2 atom stereocenters. The fraction of sp³-hybridized carbons (Fsp3) is 0.625. The van der Waals surface area contributed by atoms with Gasteiger partial charge in [-0.2, -0.15) is 0 Å². The number of nitrogens with two attached hydrogens (primary N) is 1. The molecule has 1 aliphatic rings. The van der Waals surface area contributed by atoms with Gasteiger partial charge < -0.3 is 15.4 Å². The van der Waals surface area contributed by atoms with Crippen molar-refractivity contribution in [2.75, 3.05) is 20.2 Å². The number of likely N-dealkylation sites (tertiary alicyclic amines) is 1. The number of hydrogen-bond acceptors (Lipinski definition) is 3. The van der Waals surface area contributed by atoms with E-state index in [1.807, 2.05) is 13.0 Å². The van der Waals surface area contributed by atoms with Crippen LogP contribution in [-0.4, -0.2) is 31.1 Å². The smallest absolute Gasteiger partial charge is 0.165 e. The lowest BCUT2D eigenvalue weighted by Crippen LogP contribution is -2.37. The SMILES string of the molecule is C[C@@H](N)c1ccc(OCCC2CCCCN2C)c(F)c1. The maximum absolute atomic E-state index is 13.9. The van der Waals surface area contributed by atoms with E-state index in [-0.39, 0.29) is 11.9 Å². The maximum Gasteiger partial charge on any atom is 0.165 e. The van der Waals surface area contributed by atoms with Crippen molar-refractivity contribution in [1.82, 2.24) is 4.90 Å². The van der Waals surface area contributed by atoms with E-state index in [0.29, 0.717) is 18.4 Å². The average Bonchev–Trinajstić information content (AvgIpc) is 2.42. The van der Waals surface area contributed by atoms with E-state index in [4.69, 9.17) is 10.5 Å². The Hall–Kier alpha value is -1.13. The summed E-state index contributed by atoms with van der Waals surface area (Å²) >= 11 is 0. The summed E-state index contributed by atoms with van der Waals surface area (Å²) < 4.78 is 19.4. The minimum atomic E-state index is -0.322. The molecule has 1 heterocycles. The first-order valence-electron chi connectivity index (χ1n) is 7.46. The van der Waals surface area contributed by atoms with Gasteiger partial charge in [0.05, 0.1) is 6.61 Å². The Bertz CT molecular complexity index is 436. The van der Waals surface area contributed by atoms with Crippen LogP contribution in [0.25, 0.3) is 0 Å². The van der Waals surface area contributed by atoms with Crippen LogP contribution in [0.3, 0.4) is 0 Å². The van der Waals surface area contributed by atoms with E-state index in [1.54, 1.807) is 6.07 Å². The third-order valence-electron chi connectivity index (χ3n) is 4.11. The highest BCUT2D eigenvalue weighted by atomic mass is 19.1. The van der Waals surface area contributed by atoms with Gasteiger partial charge in [-0.25, -0.2) is 4.39 Å². The summed E-state index contributed by atoms with van der Waals surface area (Å²) in [5, 5.41) is 0. The van der Waals surface area contributed by atoms with Crippen molar-refractivity contribution in [2.24, 2.45) is 5.73 Å². The minimum Gasteiger partial charge on any atom is -0.490 e. The molecule has 0 amide bonds. The monoisotopic (exact) mass is 280 g/mol. The van der Waals surface area contributed by atoms with Crippen molar-refractivity contribution in [3.63, 3.8) is 0 Å². The topological polar surface area (TPSA) is 38.5 Å². The molecule has 0 aliphatic carbocycles. The van der Waals surface area contributed by atoms with E-state index in [1.165, 1.54) is 25.3 Å². The molecule has 112 valence electrons. The first-order chi connectivity index (χ1) is 9.58. The zero-order chi connectivity index (χ0) is 14.5. The molecule has 2 rings (SSSR count). The van der Waals surface area contributed by atoms with Gasteiger partial charge in [0.2, 0.25) is 0 Å². The highest BCUT2D eigenvalue weighted by Gasteiger charge is 2.18. The van der Waals surface area contributed by atoms with Crippen LogP contribution >= 0.6 is 0 Å². The van der Waals surface area contributed by atoms with E-state index >= 15 is 0 Å². The van der Waals surface area contributed by atoms with Crippen molar-refractivity contribution < 1.29 is 9.13 Å². The van der Waals surface area contributed by atoms with Gasteiger partial charge in [-0.1, -0.05) is 12.5 Å². The third-order valence-corrected chi connectivity index (χ3v) is 4.11. The molecule has 2 N–H and O–H groups in total. The van der Waals surface area contributed by atoms with Gasteiger partial charge >= 0.3 is 0 Å². The zero-order valence-electron chi connectivity index (χ0n) is 12.4. The van der Waals surface area contributed by atoms with Gasteiger partial charge in [0.25, 0.3) is 0 Å². The van der Waals surface area contributed by atoms with Crippen LogP contribution in [0.4, 0.5) is 4.39 Å². The van der Waals surface area contributed by atoms with Gasteiger partial charge in [0.1, 0.15) is 0 Å². The van der Waals surface area contributed by atoms with Gasteiger partial charge in [0.15, 0.2) is 11.6 Å². The fourth-order valence-corrected chi connectivity index (χ4v) is 2.73. The number of halogens is 1. The van der Waals surface area contributed by atoms with Crippen LogP contribution < -0.4 is 10.5 Å². The zero-order valence-corrected chi connectivity index (χ0v) is 12.4. The molecule has 1 aromatic carbocycles. The summed E-state index contributed by atoms with van der Waals surface area (Å²) in [6.45, 7) is 3.56. The summed E-state index contributed by atoms with van der Waals surface area (Å²) in [5.74, 6) is 0.00432. The first-order valence-corrected chi connectivity index (χ1v) is 7.46. The van der Waals surface area contributed by atoms with E-state index < -0.39 is 0 Å². The molecule has 0 spiro atoms. The lowest BCUT2D eigenvalue weighted by molar-refractivity contribution is 0.151. The minimum absolute atomic E-state index is 0.158. The van der Waals surface area contributed by atoms with E-state index in [2.05, 4.69) is 11.9 Å². The molecule has 0 aromatic heterocycles. The standard InChI is InChI=1S/C16H25FN2O/c1-12(18)13-6-7-16(15(17)11-13)20-10-8-14-5-3-4-9-19(14)2/h6-7,11-12,14H,3-5,8-10,18H2,1-2H3/t12-,14?/m1/s1. The summed E-state index contributed by atoms with van der Waals surface area (Å²) in [5.41, 5.74) is 6.53. The molecule has 0 saturated carbocycles. The molecular formula is C16H25FN2O. The Morgan fingerprint density at radius 3 is 2.90 bits per heavy atom. The van der Waals surface area contributed by atoms with Crippen molar-refractivity contribution in [2.45, 2.75) is 44.7 Å². The highest BCUT2D eigenvalue weighted by molar-refractivity contribution is 5.30. The second-order valence-corrected chi connectivity index (χ2v) is 5.75. The summed E-state index contributed by atoms with van der Waals surface area (Å²) in [6, 6.07) is 5.38. The summed E-state index contributed by atoms with van der Waals surface area (Å²) in [7, 11) is 2.15. The molecule has 0 radical (unpaired) electrons. The van der Waals surface area contributed by atoms with Crippen molar-refractivity contribution >= 4 is 0 Å². The van der Waals surface area contributed by atoms with Crippen LogP contribution in [-0.2, 0) is 0 Å². The van der Waals surface area contributed by atoms with Crippen LogP contribution in [0.5, 0.6) is 5.75 Å². The van der Waals surface area contributed by atoms with Crippen LogP contribution in [0.2, 0.25) is 0 Å². The average molecular weight is 280 g/mol. The molecule has 1 saturated heterocycles. The second kappa shape index (κ2) is 7.04. The van der Waals surface area contributed by atoms with Crippen molar-refractivity contribution in [3.8, 4) is 5.75 Å². The molecule has 4 heteroatoms. The quantitative estimate of drug-likeness (QED) is 0.900. The van der Waals surface area contributed by atoms with Crippen molar-refractivity contribution in [3.05, 3.63) is 29.6 Å². The Morgan fingerprint density at radius 1 is 1.45 bits per heavy atom. The molecule has 1 aliphatic heterocycles.